The number of morpholine rings is 1. The first-order chi connectivity index (χ1) is 8.46. The van der Waals surface area contributed by atoms with Gasteiger partial charge in [0.25, 0.3) is 0 Å². The van der Waals surface area contributed by atoms with Crippen molar-refractivity contribution in [3.63, 3.8) is 0 Å². The van der Waals surface area contributed by atoms with E-state index in [0.29, 0.717) is 13.2 Å². The van der Waals surface area contributed by atoms with Gasteiger partial charge in [0.2, 0.25) is 9.05 Å². The second kappa shape index (κ2) is 5.47. The van der Waals surface area contributed by atoms with E-state index in [0.717, 1.165) is 29.9 Å². The van der Waals surface area contributed by atoms with Crippen LogP contribution in [0.25, 0.3) is 0 Å². The summed E-state index contributed by atoms with van der Waals surface area (Å²) in [4.78, 5) is 2.14. The molecule has 100 valence electrons. The van der Waals surface area contributed by atoms with Gasteiger partial charge in [0, 0.05) is 29.5 Å². The molecule has 0 saturated carbocycles. The van der Waals surface area contributed by atoms with E-state index in [9.17, 15) is 8.42 Å². The second-order valence-corrected chi connectivity index (χ2v) is 7.19. The zero-order valence-corrected chi connectivity index (χ0v) is 11.8. The lowest BCUT2D eigenvalue weighted by Crippen LogP contribution is -2.36. The molecule has 2 rings (SSSR count). The highest BCUT2D eigenvalue weighted by Gasteiger charge is 2.18. The third-order valence-electron chi connectivity index (χ3n) is 2.91. The van der Waals surface area contributed by atoms with Crippen LogP contribution < -0.4 is 4.90 Å². The number of rotatable bonds is 3. The predicted octanol–water partition coefficient (Wildman–Crippen LogP) is 1.90. The van der Waals surface area contributed by atoms with Gasteiger partial charge in [-0.25, -0.2) is 8.42 Å². The Kier molecular flexibility index (Phi) is 4.14. The van der Waals surface area contributed by atoms with E-state index in [4.69, 9.17) is 15.4 Å². The number of hydrogen-bond donors (Lipinski definition) is 0. The van der Waals surface area contributed by atoms with Crippen molar-refractivity contribution >= 4 is 25.4 Å². The average Bonchev–Trinajstić information content (AvgIpc) is 2.28. The Morgan fingerprint density at radius 1 is 1.33 bits per heavy atom. The van der Waals surface area contributed by atoms with Gasteiger partial charge in [-0.1, -0.05) is 17.7 Å². The van der Waals surface area contributed by atoms with Crippen LogP contribution in [0.3, 0.4) is 0 Å². The highest BCUT2D eigenvalue weighted by molar-refractivity contribution is 8.13. The summed E-state index contributed by atoms with van der Waals surface area (Å²) in [5, 5.41) is 0. The Bertz CT molecular complexity index is 524. The minimum absolute atomic E-state index is 0.136. The largest absolute Gasteiger partial charge is 0.378 e. The minimum Gasteiger partial charge on any atom is -0.378 e. The predicted molar refractivity (Wildman–Crippen MR) is 72.7 cm³/mol. The maximum atomic E-state index is 11.3. The fraction of sp³-hybridized carbons (Fsp3) is 0.500. The van der Waals surface area contributed by atoms with E-state index in [1.54, 1.807) is 0 Å². The molecule has 0 aliphatic carbocycles. The molecule has 0 unspecified atom stereocenters. The Labute approximate surface area is 112 Å². The van der Waals surface area contributed by atoms with Gasteiger partial charge in [0.05, 0.1) is 19.0 Å². The fourth-order valence-corrected chi connectivity index (χ4v) is 3.08. The highest BCUT2D eigenvalue weighted by Crippen LogP contribution is 2.25. The molecule has 1 fully saturated rings. The molecule has 1 saturated heterocycles. The number of benzene rings is 1. The van der Waals surface area contributed by atoms with Crippen LogP contribution in [0.15, 0.2) is 18.2 Å². The van der Waals surface area contributed by atoms with Crippen LogP contribution in [0.4, 0.5) is 5.69 Å². The van der Waals surface area contributed by atoms with Gasteiger partial charge in [-0.3, -0.25) is 0 Å². The summed E-state index contributed by atoms with van der Waals surface area (Å²) >= 11 is 0. The van der Waals surface area contributed by atoms with Gasteiger partial charge >= 0.3 is 0 Å². The second-order valence-electron chi connectivity index (χ2n) is 4.41. The first-order valence-electron chi connectivity index (χ1n) is 5.80. The molecule has 1 aromatic carbocycles. The molecular weight excluding hydrogens is 274 g/mol. The van der Waals surface area contributed by atoms with Gasteiger partial charge in [0.1, 0.15) is 0 Å². The molecule has 0 bridgehead atoms. The third-order valence-corrected chi connectivity index (χ3v) is 3.90. The summed E-state index contributed by atoms with van der Waals surface area (Å²) in [6, 6.07) is 5.82. The molecule has 1 aliphatic rings. The van der Waals surface area contributed by atoms with Gasteiger partial charge in [-0.05, 0) is 18.6 Å². The van der Waals surface area contributed by atoms with Crippen molar-refractivity contribution in [2.24, 2.45) is 0 Å². The summed E-state index contributed by atoms with van der Waals surface area (Å²) < 4.78 is 27.8. The maximum Gasteiger partial charge on any atom is 0.236 e. The normalized spacial score (nSPS) is 16.9. The highest BCUT2D eigenvalue weighted by atomic mass is 35.7. The number of hydrogen-bond acceptors (Lipinski definition) is 4. The van der Waals surface area contributed by atoms with Crippen LogP contribution in [0.5, 0.6) is 0 Å². The van der Waals surface area contributed by atoms with Gasteiger partial charge in [0.15, 0.2) is 0 Å². The Morgan fingerprint density at radius 2 is 2.00 bits per heavy atom. The summed E-state index contributed by atoms with van der Waals surface area (Å²) in [5.74, 6) is -0.136. The van der Waals surface area contributed by atoms with Crippen LogP contribution in [-0.4, -0.2) is 34.7 Å². The Hall–Kier alpha value is -0.780. The molecule has 0 amide bonds. The maximum absolute atomic E-state index is 11.3. The van der Waals surface area contributed by atoms with Crippen LogP contribution in [0.1, 0.15) is 11.1 Å². The van der Waals surface area contributed by atoms with Crippen LogP contribution in [0.2, 0.25) is 0 Å². The first kappa shape index (κ1) is 13.6. The molecule has 0 atom stereocenters. The molecule has 1 heterocycles. The van der Waals surface area contributed by atoms with Crippen molar-refractivity contribution in [3.8, 4) is 0 Å². The molecule has 0 radical (unpaired) electrons. The Morgan fingerprint density at radius 3 is 2.61 bits per heavy atom. The zero-order chi connectivity index (χ0) is 13.2. The van der Waals surface area contributed by atoms with E-state index in [-0.39, 0.29) is 5.75 Å². The van der Waals surface area contributed by atoms with E-state index >= 15 is 0 Å². The lowest BCUT2D eigenvalue weighted by atomic mass is 10.1. The zero-order valence-electron chi connectivity index (χ0n) is 10.2. The van der Waals surface area contributed by atoms with Gasteiger partial charge in [-0.2, -0.15) is 0 Å². The molecule has 6 heteroatoms. The smallest absolute Gasteiger partial charge is 0.236 e. The van der Waals surface area contributed by atoms with Crippen molar-refractivity contribution in [1.29, 1.82) is 0 Å². The monoisotopic (exact) mass is 289 g/mol. The summed E-state index contributed by atoms with van der Waals surface area (Å²) in [7, 11) is 1.82. The molecule has 0 N–H and O–H groups in total. The quantitative estimate of drug-likeness (QED) is 0.798. The molecule has 1 aromatic rings. The topological polar surface area (TPSA) is 46.6 Å². The number of ether oxygens (including phenoxy) is 1. The number of nitrogens with zero attached hydrogens (tertiary/aromatic N) is 1. The van der Waals surface area contributed by atoms with Crippen LogP contribution >= 0.6 is 10.7 Å². The number of anilines is 1. The number of aryl methyl sites for hydroxylation is 1. The van der Waals surface area contributed by atoms with Gasteiger partial charge < -0.3 is 9.64 Å². The third kappa shape index (κ3) is 3.60. The van der Waals surface area contributed by atoms with E-state index in [1.165, 1.54) is 0 Å². The van der Waals surface area contributed by atoms with E-state index < -0.39 is 9.05 Å². The summed E-state index contributed by atoms with van der Waals surface area (Å²) in [6.07, 6.45) is 0. The molecular formula is C12H16ClNO3S. The van der Waals surface area contributed by atoms with Crippen LogP contribution in [-0.2, 0) is 19.5 Å². The average molecular weight is 290 g/mol. The fourth-order valence-electron chi connectivity index (χ4n) is 2.13. The van der Waals surface area contributed by atoms with Crippen molar-refractivity contribution in [1.82, 2.24) is 0 Å². The lowest BCUT2D eigenvalue weighted by Gasteiger charge is -2.30. The van der Waals surface area contributed by atoms with Crippen LogP contribution in [0, 0.1) is 6.92 Å². The van der Waals surface area contributed by atoms with Crippen molar-refractivity contribution < 1.29 is 13.2 Å². The van der Waals surface area contributed by atoms with E-state index in [2.05, 4.69) is 4.90 Å². The van der Waals surface area contributed by atoms with Gasteiger partial charge in [-0.15, -0.1) is 0 Å². The number of halogens is 1. The molecule has 18 heavy (non-hydrogen) atoms. The van der Waals surface area contributed by atoms with Crippen molar-refractivity contribution in [3.05, 3.63) is 29.3 Å². The standard InChI is InChI=1S/C12H16ClNO3S/c1-10-2-3-12(14-4-6-17-7-5-14)11(8-10)9-18(13,15)16/h2-3,8H,4-7,9H2,1H3. The lowest BCUT2D eigenvalue weighted by molar-refractivity contribution is 0.122. The van der Waals surface area contributed by atoms with Crippen molar-refractivity contribution in [2.45, 2.75) is 12.7 Å². The molecule has 0 aromatic heterocycles. The molecule has 1 aliphatic heterocycles. The van der Waals surface area contributed by atoms with Crippen molar-refractivity contribution in [2.75, 3.05) is 31.2 Å². The Balaban J connectivity index is 2.33. The first-order valence-corrected chi connectivity index (χ1v) is 8.28. The summed E-state index contributed by atoms with van der Waals surface area (Å²) in [6.45, 7) is 4.83. The van der Waals surface area contributed by atoms with E-state index in [1.807, 2.05) is 25.1 Å². The minimum atomic E-state index is -3.54. The SMILES string of the molecule is Cc1ccc(N2CCOCC2)c(CS(=O)(=O)Cl)c1. The molecule has 4 nitrogen and oxygen atoms in total. The summed E-state index contributed by atoms with van der Waals surface area (Å²) in [5.41, 5.74) is 2.72. The molecule has 0 spiro atoms.